The van der Waals surface area contributed by atoms with Crippen molar-refractivity contribution in [1.29, 1.82) is 0 Å². The van der Waals surface area contributed by atoms with E-state index in [1.807, 2.05) is 11.0 Å². The quantitative estimate of drug-likeness (QED) is 0.848. The van der Waals surface area contributed by atoms with Crippen LogP contribution in [0.2, 0.25) is 0 Å². The molecule has 1 aromatic carbocycles. The fraction of sp³-hybridized carbons (Fsp3) is 0.619. The largest absolute Gasteiger partial charge is 0.344 e. The molecule has 0 spiro atoms. The molecule has 142 valence electrons. The van der Waals surface area contributed by atoms with Gasteiger partial charge in [-0.05, 0) is 30.7 Å². The third kappa shape index (κ3) is 5.07. The lowest BCUT2D eigenvalue weighted by atomic mass is 9.96. The van der Waals surface area contributed by atoms with Crippen LogP contribution in [0.5, 0.6) is 0 Å². The van der Waals surface area contributed by atoms with Gasteiger partial charge in [0.1, 0.15) is 6.04 Å². The molecule has 1 aliphatic heterocycles. The van der Waals surface area contributed by atoms with E-state index >= 15 is 0 Å². The normalized spacial score (nSPS) is 20.1. The van der Waals surface area contributed by atoms with Gasteiger partial charge < -0.3 is 10.2 Å². The molecule has 1 heterocycles. The number of hydrogen-bond donors (Lipinski definition) is 1. The zero-order valence-electron chi connectivity index (χ0n) is 15.8. The Hall–Kier alpha value is -1.88. The minimum Gasteiger partial charge on any atom is -0.344 e. The first-order chi connectivity index (χ1) is 12.6. The van der Waals surface area contributed by atoms with Gasteiger partial charge in [-0.3, -0.25) is 14.5 Å². The summed E-state index contributed by atoms with van der Waals surface area (Å²) in [6.45, 7) is 5.89. The second-order valence-electron chi connectivity index (χ2n) is 7.63. The number of carbonyl (C=O) groups excluding carboxylic acids is 2. The SMILES string of the molecule is CC(=O)NC(C(=O)N1CCN(CCc2ccccc2)CC1)C1CCCC1. The predicted molar refractivity (Wildman–Crippen MR) is 103 cm³/mol. The van der Waals surface area contributed by atoms with Crippen LogP contribution in [0.1, 0.15) is 38.2 Å². The number of nitrogens with zero attached hydrogens (tertiary/aromatic N) is 2. The van der Waals surface area contributed by atoms with Crippen molar-refractivity contribution in [2.75, 3.05) is 32.7 Å². The fourth-order valence-corrected chi connectivity index (χ4v) is 4.21. The van der Waals surface area contributed by atoms with Gasteiger partial charge in [-0.25, -0.2) is 0 Å². The number of rotatable bonds is 6. The first kappa shape index (κ1) is 18.9. The van der Waals surface area contributed by atoms with Crippen LogP contribution in [0, 0.1) is 5.92 Å². The number of carbonyl (C=O) groups is 2. The van der Waals surface area contributed by atoms with Crippen molar-refractivity contribution in [3.05, 3.63) is 35.9 Å². The van der Waals surface area contributed by atoms with E-state index in [4.69, 9.17) is 0 Å². The summed E-state index contributed by atoms with van der Waals surface area (Å²) in [4.78, 5) is 29.0. The Morgan fingerprint density at radius 1 is 1.08 bits per heavy atom. The van der Waals surface area contributed by atoms with E-state index in [-0.39, 0.29) is 17.9 Å². The summed E-state index contributed by atoms with van der Waals surface area (Å²) in [7, 11) is 0. The molecule has 1 aliphatic carbocycles. The van der Waals surface area contributed by atoms with E-state index in [1.54, 1.807) is 0 Å². The van der Waals surface area contributed by atoms with Gasteiger partial charge in [0.2, 0.25) is 11.8 Å². The summed E-state index contributed by atoms with van der Waals surface area (Å²) in [6.07, 6.45) is 5.48. The second-order valence-corrected chi connectivity index (χ2v) is 7.63. The molecule has 2 aliphatic rings. The van der Waals surface area contributed by atoms with Crippen molar-refractivity contribution in [3.63, 3.8) is 0 Å². The topological polar surface area (TPSA) is 52.7 Å². The maximum absolute atomic E-state index is 13.0. The molecule has 1 unspecified atom stereocenters. The van der Waals surface area contributed by atoms with Gasteiger partial charge in [-0.2, -0.15) is 0 Å². The molecule has 0 bridgehead atoms. The van der Waals surface area contributed by atoms with Gasteiger partial charge in [-0.1, -0.05) is 43.2 Å². The van der Waals surface area contributed by atoms with Crippen molar-refractivity contribution < 1.29 is 9.59 Å². The monoisotopic (exact) mass is 357 g/mol. The molecule has 5 nitrogen and oxygen atoms in total. The molecular formula is C21H31N3O2. The minimum atomic E-state index is -0.328. The molecule has 1 atom stereocenters. The van der Waals surface area contributed by atoms with Gasteiger partial charge in [-0.15, -0.1) is 0 Å². The summed E-state index contributed by atoms with van der Waals surface area (Å²) >= 11 is 0. The Morgan fingerprint density at radius 3 is 2.35 bits per heavy atom. The van der Waals surface area contributed by atoms with E-state index in [0.717, 1.165) is 52.0 Å². The Bertz CT molecular complexity index is 591. The molecule has 1 N–H and O–H groups in total. The van der Waals surface area contributed by atoms with Gasteiger partial charge in [0, 0.05) is 39.6 Å². The van der Waals surface area contributed by atoms with E-state index in [9.17, 15) is 9.59 Å². The zero-order valence-corrected chi connectivity index (χ0v) is 15.8. The van der Waals surface area contributed by atoms with Crippen molar-refractivity contribution in [1.82, 2.24) is 15.1 Å². The molecule has 1 saturated carbocycles. The van der Waals surface area contributed by atoms with Gasteiger partial charge >= 0.3 is 0 Å². The van der Waals surface area contributed by atoms with Crippen molar-refractivity contribution in [2.24, 2.45) is 5.92 Å². The number of nitrogens with one attached hydrogen (secondary N) is 1. The average Bonchev–Trinajstić information content (AvgIpc) is 3.19. The smallest absolute Gasteiger partial charge is 0.245 e. The Morgan fingerprint density at radius 2 is 1.73 bits per heavy atom. The minimum absolute atomic E-state index is 0.100. The van der Waals surface area contributed by atoms with Crippen LogP contribution in [0.3, 0.4) is 0 Å². The summed E-state index contributed by atoms with van der Waals surface area (Å²) in [5.41, 5.74) is 1.36. The van der Waals surface area contributed by atoms with E-state index in [1.165, 1.54) is 25.3 Å². The molecule has 5 heteroatoms. The lowest BCUT2D eigenvalue weighted by Crippen LogP contribution is -2.56. The summed E-state index contributed by atoms with van der Waals surface area (Å²) in [5.74, 6) is 0.328. The highest BCUT2D eigenvalue weighted by molar-refractivity contribution is 5.87. The number of amides is 2. The molecular weight excluding hydrogens is 326 g/mol. The van der Waals surface area contributed by atoms with Crippen LogP contribution in [0.4, 0.5) is 0 Å². The standard InChI is InChI=1S/C21H31N3O2/c1-17(25)22-20(19-9-5-6-10-19)21(26)24-15-13-23(14-16-24)12-11-18-7-3-2-4-8-18/h2-4,7-8,19-20H,5-6,9-16H2,1H3,(H,22,25). The van der Waals surface area contributed by atoms with Crippen LogP contribution in [-0.4, -0.2) is 60.4 Å². The maximum Gasteiger partial charge on any atom is 0.245 e. The zero-order chi connectivity index (χ0) is 18.4. The van der Waals surface area contributed by atoms with Crippen molar-refractivity contribution in [3.8, 4) is 0 Å². The van der Waals surface area contributed by atoms with Gasteiger partial charge in [0.15, 0.2) is 0 Å². The lowest BCUT2D eigenvalue weighted by Gasteiger charge is -2.37. The van der Waals surface area contributed by atoms with Crippen LogP contribution in [0.15, 0.2) is 30.3 Å². The highest BCUT2D eigenvalue weighted by Gasteiger charge is 2.35. The average molecular weight is 357 g/mol. The first-order valence-electron chi connectivity index (χ1n) is 9.95. The van der Waals surface area contributed by atoms with Crippen LogP contribution in [0.25, 0.3) is 0 Å². The van der Waals surface area contributed by atoms with Crippen LogP contribution >= 0.6 is 0 Å². The predicted octanol–water partition coefficient (Wildman–Crippen LogP) is 2.07. The fourth-order valence-electron chi connectivity index (χ4n) is 4.21. The third-order valence-electron chi connectivity index (χ3n) is 5.74. The van der Waals surface area contributed by atoms with Crippen molar-refractivity contribution >= 4 is 11.8 Å². The molecule has 0 aromatic heterocycles. The summed E-state index contributed by atoms with van der Waals surface area (Å²) in [5, 5.41) is 2.93. The van der Waals surface area contributed by atoms with Crippen molar-refractivity contribution in [2.45, 2.75) is 45.1 Å². The Balaban J connectivity index is 1.49. The third-order valence-corrected chi connectivity index (χ3v) is 5.74. The molecule has 0 radical (unpaired) electrons. The van der Waals surface area contributed by atoms with E-state index in [2.05, 4.69) is 34.5 Å². The van der Waals surface area contributed by atoms with Crippen LogP contribution in [-0.2, 0) is 16.0 Å². The molecule has 1 aromatic rings. The van der Waals surface area contributed by atoms with E-state index in [0.29, 0.717) is 5.92 Å². The Labute approximate surface area is 156 Å². The number of benzene rings is 1. The molecule has 2 amide bonds. The first-order valence-corrected chi connectivity index (χ1v) is 9.95. The lowest BCUT2D eigenvalue weighted by molar-refractivity contribution is -0.139. The number of hydrogen-bond acceptors (Lipinski definition) is 3. The van der Waals surface area contributed by atoms with Gasteiger partial charge in [0.25, 0.3) is 0 Å². The highest BCUT2D eigenvalue weighted by Crippen LogP contribution is 2.28. The van der Waals surface area contributed by atoms with E-state index < -0.39 is 0 Å². The second kappa shape index (κ2) is 9.17. The molecule has 26 heavy (non-hydrogen) atoms. The van der Waals surface area contributed by atoms with Crippen LogP contribution < -0.4 is 5.32 Å². The van der Waals surface area contributed by atoms with Gasteiger partial charge in [0.05, 0.1) is 0 Å². The molecule has 1 saturated heterocycles. The summed E-state index contributed by atoms with van der Waals surface area (Å²) < 4.78 is 0. The molecule has 3 rings (SSSR count). The molecule has 2 fully saturated rings. The number of piperazine rings is 1. The highest BCUT2D eigenvalue weighted by atomic mass is 16.2. The maximum atomic E-state index is 13.0. The Kier molecular flexibility index (Phi) is 6.67. The summed E-state index contributed by atoms with van der Waals surface area (Å²) in [6, 6.07) is 10.2.